The first kappa shape index (κ1) is 24.0. The van der Waals surface area contributed by atoms with Crippen molar-refractivity contribution in [3.05, 3.63) is 53.0 Å². The van der Waals surface area contributed by atoms with Gasteiger partial charge in [0.05, 0.1) is 5.56 Å². The molecule has 4 aromatic rings. The fraction of sp³-hybridized carbons (Fsp3) is 0.308. The van der Waals surface area contributed by atoms with Gasteiger partial charge >= 0.3 is 0 Å². The Morgan fingerprint density at radius 1 is 1.06 bits per heavy atom. The molecule has 1 saturated heterocycles. The summed E-state index contributed by atoms with van der Waals surface area (Å²) < 4.78 is 1.91. The minimum absolute atomic E-state index is 0.00951. The molecule has 0 aliphatic carbocycles. The van der Waals surface area contributed by atoms with E-state index in [1.54, 1.807) is 6.07 Å². The number of aromatic nitrogens is 4. The number of thiazole rings is 1. The summed E-state index contributed by atoms with van der Waals surface area (Å²) in [5, 5.41) is 28.9. The van der Waals surface area contributed by atoms with Gasteiger partial charge in [-0.15, -0.1) is 21.5 Å². The number of hydrogen-bond donors (Lipinski definition) is 3. The molecule has 2 aromatic heterocycles. The topological polar surface area (TPSA) is 120 Å². The van der Waals surface area contributed by atoms with Gasteiger partial charge < -0.3 is 26.0 Å². The smallest absolute Gasteiger partial charge is 0.197 e. The van der Waals surface area contributed by atoms with E-state index in [4.69, 9.17) is 11.1 Å². The van der Waals surface area contributed by atoms with Gasteiger partial charge in [0.25, 0.3) is 0 Å². The maximum Gasteiger partial charge on any atom is 0.197 e. The van der Waals surface area contributed by atoms with E-state index in [2.05, 4.69) is 44.2 Å². The van der Waals surface area contributed by atoms with Crippen LogP contribution in [0.5, 0.6) is 5.75 Å². The number of aryl methyl sites for hydroxylation is 1. The fourth-order valence-electron chi connectivity index (χ4n) is 4.41. The molecule has 4 N–H and O–H groups in total. The fourth-order valence-corrected chi connectivity index (χ4v) is 5.15. The van der Waals surface area contributed by atoms with E-state index in [0.29, 0.717) is 40.6 Å². The Labute approximate surface area is 214 Å². The number of rotatable bonds is 6. The van der Waals surface area contributed by atoms with Crippen LogP contribution < -0.4 is 10.6 Å². The zero-order chi connectivity index (χ0) is 25.4. The molecule has 0 atom stereocenters. The van der Waals surface area contributed by atoms with Crippen molar-refractivity contribution in [3.8, 4) is 33.7 Å². The minimum atomic E-state index is -0.00951. The highest BCUT2D eigenvalue weighted by Crippen LogP contribution is 2.37. The Kier molecular flexibility index (Phi) is 6.46. The number of aromatic hydroxyl groups is 1. The Hall–Kier alpha value is -3.76. The molecule has 2 aromatic carbocycles. The third kappa shape index (κ3) is 4.45. The van der Waals surface area contributed by atoms with E-state index in [0.717, 1.165) is 41.8 Å². The lowest BCUT2D eigenvalue weighted by molar-refractivity contribution is 0.313. The molecule has 5 rings (SSSR count). The number of benzene rings is 2. The molecule has 36 heavy (non-hydrogen) atoms. The first-order valence-electron chi connectivity index (χ1n) is 12.0. The first-order chi connectivity index (χ1) is 17.4. The third-order valence-corrected chi connectivity index (χ3v) is 7.45. The summed E-state index contributed by atoms with van der Waals surface area (Å²) in [5.41, 5.74) is 9.96. The number of piperazine rings is 1. The van der Waals surface area contributed by atoms with Crippen LogP contribution in [-0.2, 0) is 0 Å². The van der Waals surface area contributed by atoms with Gasteiger partial charge in [0, 0.05) is 71.7 Å². The van der Waals surface area contributed by atoms with Crippen LogP contribution in [0.4, 0.5) is 11.4 Å². The molecule has 0 radical (unpaired) electrons. The highest BCUT2D eigenvalue weighted by atomic mass is 32.1. The van der Waals surface area contributed by atoms with Gasteiger partial charge in [-0.05, 0) is 50.7 Å². The molecule has 0 spiro atoms. The average Bonchev–Trinajstić information content (AvgIpc) is 3.50. The number of nitrogens with two attached hydrogens (primary N) is 1. The van der Waals surface area contributed by atoms with Crippen molar-refractivity contribution in [3.63, 3.8) is 0 Å². The highest BCUT2D eigenvalue weighted by Gasteiger charge is 2.23. The van der Waals surface area contributed by atoms with Crippen LogP contribution in [0.15, 0.2) is 42.6 Å². The van der Waals surface area contributed by atoms with Crippen molar-refractivity contribution in [2.24, 2.45) is 0 Å². The molecule has 1 fully saturated rings. The van der Waals surface area contributed by atoms with Crippen molar-refractivity contribution >= 4 is 28.4 Å². The van der Waals surface area contributed by atoms with Crippen LogP contribution in [-0.4, -0.2) is 68.7 Å². The number of phenols is 1. The molecule has 186 valence electrons. The van der Waals surface area contributed by atoms with Gasteiger partial charge in [0.15, 0.2) is 16.7 Å². The normalized spacial score (nSPS) is 14.4. The Morgan fingerprint density at radius 2 is 1.72 bits per heavy atom. The van der Waals surface area contributed by atoms with Crippen LogP contribution >= 0.6 is 11.3 Å². The van der Waals surface area contributed by atoms with Crippen LogP contribution in [0, 0.1) is 12.3 Å². The maximum absolute atomic E-state index is 10.9. The van der Waals surface area contributed by atoms with Crippen molar-refractivity contribution in [1.29, 1.82) is 5.41 Å². The first-order valence-corrected chi connectivity index (χ1v) is 12.8. The summed E-state index contributed by atoms with van der Waals surface area (Å²) in [7, 11) is 2.15. The summed E-state index contributed by atoms with van der Waals surface area (Å²) in [6.07, 6.45) is 2.34. The largest absolute Gasteiger partial charge is 0.507 e. The summed E-state index contributed by atoms with van der Waals surface area (Å²) in [5.74, 6) is 1.05. The Balaban J connectivity index is 1.63. The number of nitrogens with zero attached hydrogens (tertiary/aromatic N) is 6. The monoisotopic (exact) mass is 502 g/mol. The van der Waals surface area contributed by atoms with Crippen molar-refractivity contribution in [2.45, 2.75) is 20.3 Å². The van der Waals surface area contributed by atoms with Gasteiger partial charge in [-0.25, -0.2) is 4.98 Å². The molecule has 9 nitrogen and oxygen atoms in total. The molecule has 0 unspecified atom stereocenters. The van der Waals surface area contributed by atoms with Crippen molar-refractivity contribution < 1.29 is 5.11 Å². The summed E-state index contributed by atoms with van der Waals surface area (Å²) in [4.78, 5) is 10.3. The van der Waals surface area contributed by atoms with Gasteiger partial charge in [0.1, 0.15) is 5.75 Å². The molecule has 3 heterocycles. The highest BCUT2D eigenvalue weighted by molar-refractivity contribution is 7.14. The number of phenolic OH excluding ortho intramolecular Hbond substituents is 1. The maximum atomic E-state index is 10.9. The molecular weight excluding hydrogens is 472 g/mol. The molecule has 10 heteroatoms. The second-order valence-corrected chi connectivity index (χ2v) is 10.3. The quantitative estimate of drug-likeness (QED) is 0.267. The lowest BCUT2D eigenvalue weighted by Crippen LogP contribution is -2.44. The Bertz CT molecular complexity index is 1400. The molecule has 0 amide bonds. The van der Waals surface area contributed by atoms with Crippen LogP contribution in [0.25, 0.3) is 27.9 Å². The molecular formula is C26H30N8OS. The van der Waals surface area contributed by atoms with Gasteiger partial charge in [-0.1, -0.05) is 6.92 Å². The number of nitrogens with one attached hydrogen (secondary N) is 1. The van der Waals surface area contributed by atoms with Crippen molar-refractivity contribution in [2.75, 3.05) is 43.9 Å². The Morgan fingerprint density at radius 3 is 2.36 bits per heavy atom. The molecule has 1 aliphatic heterocycles. The predicted molar refractivity (Wildman–Crippen MR) is 146 cm³/mol. The van der Waals surface area contributed by atoms with E-state index in [9.17, 15) is 5.11 Å². The average molecular weight is 503 g/mol. The van der Waals surface area contributed by atoms with E-state index < -0.39 is 0 Å². The number of anilines is 2. The number of hydrogen-bond acceptors (Lipinski definition) is 9. The van der Waals surface area contributed by atoms with E-state index in [1.807, 2.05) is 36.7 Å². The zero-order valence-electron chi connectivity index (χ0n) is 20.7. The lowest BCUT2D eigenvalue weighted by atomic mass is 10.0. The predicted octanol–water partition coefficient (Wildman–Crippen LogP) is 4.18. The summed E-state index contributed by atoms with van der Waals surface area (Å²) in [6.45, 7) is 7.96. The second-order valence-electron chi connectivity index (χ2n) is 9.05. The molecule has 0 bridgehead atoms. The number of nitrogen functional groups attached to an aromatic ring is 1. The lowest BCUT2D eigenvalue weighted by Gasteiger charge is -2.34. The van der Waals surface area contributed by atoms with Crippen molar-refractivity contribution in [1.82, 2.24) is 24.6 Å². The second kappa shape index (κ2) is 9.71. The third-order valence-electron chi connectivity index (χ3n) is 6.54. The van der Waals surface area contributed by atoms with Gasteiger partial charge in [0.2, 0.25) is 0 Å². The van der Waals surface area contributed by atoms with Gasteiger partial charge in [-0.3, -0.25) is 4.57 Å². The summed E-state index contributed by atoms with van der Waals surface area (Å²) in [6, 6.07) is 11.5. The standard InChI is InChI=1S/C26H30N8OS/c1-4-21(27)19-13-20(23(35)14-22(19)28)24-30-31-25(26-29-15-16(2)36-26)34(24)18-7-5-17(6-8-18)33-11-9-32(3)10-12-33/h5-8,13-15,27,35H,4,9-12,28H2,1-3H3. The summed E-state index contributed by atoms with van der Waals surface area (Å²) >= 11 is 1.54. The minimum Gasteiger partial charge on any atom is -0.507 e. The van der Waals surface area contributed by atoms with E-state index in [1.165, 1.54) is 23.1 Å². The van der Waals surface area contributed by atoms with Gasteiger partial charge in [-0.2, -0.15) is 0 Å². The zero-order valence-corrected chi connectivity index (χ0v) is 21.5. The SMILES string of the molecule is CCC(=N)c1cc(-c2nnc(-c3ncc(C)s3)n2-c2ccc(N3CCN(C)CC3)cc2)c(O)cc1N. The van der Waals surface area contributed by atoms with Crippen LogP contribution in [0.1, 0.15) is 23.8 Å². The van der Waals surface area contributed by atoms with Crippen LogP contribution in [0.3, 0.4) is 0 Å². The number of likely N-dealkylation sites (N-methyl/N-ethyl adjacent to an activating group) is 1. The van der Waals surface area contributed by atoms with E-state index >= 15 is 0 Å². The van der Waals surface area contributed by atoms with Crippen LogP contribution in [0.2, 0.25) is 0 Å². The molecule has 0 saturated carbocycles. The van der Waals surface area contributed by atoms with E-state index in [-0.39, 0.29) is 5.75 Å². The molecule has 1 aliphatic rings.